The van der Waals surface area contributed by atoms with Crippen molar-refractivity contribution in [3.8, 4) is 22.8 Å². The molecule has 6 rings (SSSR count). The van der Waals surface area contributed by atoms with Crippen molar-refractivity contribution in [1.82, 2.24) is 41.2 Å². The van der Waals surface area contributed by atoms with Gasteiger partial charge in [0.2, 0.25) is 31.7 Å². The van der Waals surface area contributed by atoms with Crippen molar-refractivity contribution in [1.29, 1.82) is 0 Å². The number of hydrogen-bond donors (Lipinski definition) is 6. The molecule has 2 heterocycles. The molecule has 0 saturated heterocycles. The number of alkyl halides is 6. The van der Waals surface area contributed by atoms with Crippen molar-refractivity contribution in [3.63, 3.8) is 0 Å². The van der Waals surface area contributed by atoms with Crippen LogP contribution in [0.2, 0.25) is 0 Å². The van der Waals surface area contributed by atoms with Crippen LogP contribution in [0.5, 0.6) is 0 Å². The van der Waals surface area contributed by atoms with Gasteiger partial charge in [-0.1, -0.05) is 12.1 Å². The minimum Gasteiger partial charge on any atom is -0.330 e. The molecule has 308 valence electrons. The topological polar surface area (TPSA) is 281 Å². The summed E-state index contributed by atoms with van der Waals surface area (Å²) in [5, 5.41) is 36.4. The summed E-state index contributed by atoms with van der Waals surface area (Å²) in [6.07, 6.45) is -1.79. The average molecular weight is 837 g/mol. The summed E-state index contributed by atoms with van der Waals surface area (Å²) in [7, 11) is -9.42. The predicted molar refractivity (Wildman–Crippen MR) is 189 cm³/mol. The van der Waals surface area contributed by atoms with Gasteiger partial charge in [0.05, 0.1) is 11.1 Å². The first kappa shape index (κ1) is 43.0. The van der Waals surface area contributed by atoms with Crippen molar-refractivity contribution in [2.45, 2.75) is 98.2 Å². The third-order valence-corrected chi connectivity index (χ3v) is 12.4. The molecule has 2 aliphatic carbocycles. The van der Waals surface area contributed by atoms with Crippen LogP contribution in [0.1, 0.15) is 98.3 Å². The van der Waals surface area contributed by atoms with E-state index in [0.29, 0.717) is 61.7 Å². The van der Waals surface area contributed by atoms with Crippen LogP contribution in [-0.2, 0) is 32.4 Å². The van der Waals surface area contributed by atoms with E-state index >= 15 is 0 Å². The lowest BCUT2D eigenvalue weighted by Gasteiger charge is -2.30. The summed E-state index contributed by atoms with van der Waals surface area (Å²) in [4.78, 5) is -2.02. The standard InChI is InChI=1S/2C16H21F3N6O2S/c2*17-16(18,19)12-6-5-11(10-3-1-9(2-4-10)7-8-20)13(14(12)28(21,26)27)15-22-24-25-23-15/h2*5-6,9-10H,1-4,7-8,20H2,(H2,21,26,27)(H,22,23,24,25). The van der Waals surface area contributed by atoms with Crippen molar-refractivity contribution >= 4 is 20.0 Å². The highest BCUT2D eigenvalue weighted by atomic mass is 32.2. The minimum absolute atomic E-state index is 0.134. The van der Waals surface area contributed by atoms with Crippen LogP contribution in [0.3, 0.4) is 0 Å². The molecule has 0 amide bonds. The molecule has 2 aromatic carbocycles. The number of aromatic amines is 2. The van der Waals surface area contributed by atoms with Crippen LogP contribution in [0, 0.1) is 11.8 Å². The number of nitrogens with zero attached hydrogens (tertiary/aromatic N) is 6. The summed E-state index contributed by atoms with van der Waals surface area (Å²) in [5.41, 5.74) is 8.95. The van der Waals surface area contributed by atoms with E-state index < -0.39 is 53.3 Å². The average Bonchev–Trinajstić information content (AvgIpc) is 3.86. The number of halogens is 6. The minimum atomic E-state index is -4.91. The number of H-pyrrole nitrogens is 2. The Morgan fingerprint density at radius 3 is 1.18 bits per heavy atom. The molecule has 24 heteroatoms. The van der Waals surface area contributed by atoms with Gasteiger partial charge in [-0.05, 0) is 135 Å². The molecule has 0 radical (unpaired) electrons. The molecule has 2 aromatic heterocycles. The Kier molecular flexibility index (Phi) is 13.2. The van der Waals surface area contributed by atoms with E-state index in [1.807, 2.05) is 0 Å². The Morgan fingerprint density at radius 1 is 0.589 bits per heavy atom. The van der Waals surface area contributed by atoms with Gasteiger partial charge < -0.3 is 11.5 Å². The van der Waals surface area contributed by atoms with Crippen molar-refractivity contribution in [2.75, 3.05) is 13.1 Å². The highest BCUT2D eigenvalue weighted by molar-refractivity contribution is 7.89. The summed E-state index contributed by atoms with van der Waals surface area (Å²) in [6.45, 7) is 1.17. The molecule has 2 saturated carbocycles. The highest BCUT2D eigenvalue weighted by Crippen LogP contribution is 2.47. The van der Waals surface area contributed by atoms with Crippen LogP contribution in [0.25, 0.3) is 22.8 Å². The molecule has 0 aliphatic heterocycles. The lowest BCUT2D eigenvalue weighted by molar-refractivity contribution is -0.140. The second-order valence-corrected chi connectivity index (χ2v) is 17.0. The first-order valence-electron chi connectivity index (χ1n) is 17.7. The molecule has 0 spiro atoms. The van der Waals surface area contributed by atoms with E-state index in [1.54, 1.807) is 0 Å². The maximum absolute atomic E-state index is 13.5. The van der Waals surface area contributed by atoms with Gasteiger partial charge in [-0.15, -0.1) is 20.4 Å². The number of tetrazole rings is 2. The van der Waals surface area contributed by atoms with Gasteiger partial charge in [0, 0.05) is 11.1 Å². The van der Waals surface area contributed by atoms with Gasteiger partial charge in [0.15, 0.2) is 0 Å². The maximum Gasteiger partial charge on any atom is 0.417 e. The van der Waals surface area contributed by atoms with Gasteiger partial charge in [0.25, 0.3) is 0 Å². The van der Waals surface area contributed by atoms with E-state index in [4.69, 9.17) is 21.7 Å². The summed E-state index contributed by atoms with van der Waals surface area (Å²) >= 11 is 0. The van der Waals surface area contributed by atoms with Gasteiger partial charge in [-0.2, -0.15) is 36.8 Å². The zero-order valence-electron chi connectivity index (χ0n) is 29.8. The number of hydrogen-bond acceptors (Lipinski definition) is 12. The normalized spacial score (nSPS) is 21.0. The van der Waals surface area contributed by atoms with E-state index in [9.17, 15) is 43.2 Å². The second-order valence-electron chi connectivity index (χ2n) is 14.0. The SMILES string of the molecule is NCCC1CCC(c2ccc(C(F)(F)F)c(S(N)(=O)=O)c2-c2nn[nH]n2)CC1.NCCC1CCC(c2ccc(C(F)(F)F)c(S(N)(=O)=O)c2-c2nn[nH]n2)CC1. The molecule has 2 aliphatic rings. The number of aromatic nitrogens is 8. The Labute approximate surface area is 318 Å². The molecule has 2 fully saturated rings. The van der Waals surface area contributed by atoms with Crippen LogP contribution in [0.4, 0.5) is 26.3 Å². The number of benzene rings is 2. The summed E-state index contributed by atoms with van der Waals surface area (Å²) < 4.78 is 130. The quantitative estimate of drug-likeness (QED) is 0.122. The van der Waals surface area contributed by atoms with Crippen molar-refractivity contribution < 1.29 is 43.2 Å². The number of primary sulfonamides is 2. The Morgan fingerprint density at radius 2 is 0.929 bits per heavy atom. The monoisotopic (exact) mass is 836 g/mol. The van der Waals surface area contributed by atoms with E-state index in [-0.39, 0.29) is 34.6 Å². The third kappa shape index (κ3) is 9.88. The third-order valence-electron chi connectivity index (χ3n) is 10.4. The fraction of sp³-hybridized carbons (Fsp3) is 0.562. The van der Waals surface area contributed by atoms with Crippen LogP contribution in [0.15, 0.2) is 34.1 Å². The van der Waals surface area contributed by atoms with Crippen molar-refractivity contribution in [2.24, 2.45) is 33.6 Å². The molecular formula is C32H42F6N12O4S2. The van der Waals surface area contributed by atoms with Crippen LogP contribution in [-0.4, -0.2) is 71.2 Å². The molecular weight excluding hydrogens is 795 g/mol. The van der Waals surface area contributed by atoms with Gasteiger partial charge >= 0.3 is 12.4 Å². The zero-order chi connectivity index (χ0) is 41.1. The summed E-state index contributed by atoms with van der Waals surface area (Å²) in [6, 6.07) is 4.14. The zero-order valence-corrected chi connectivity index (χ0v) is 31.4. The Bertz CT molecular complexity index is 2000. The fourth-order valence-electron chi connectivity index (χ4n) is 7.91. The fourth-order valence-corrected chi connectivity index (χ4v) is 9.87. The van der Waals surface area contributed by atoms with Gasteiger partial charge in [0.1, 0.15) is 9.79 Å². The molecule has 0 bridgehead atoms. The number of rotatable bonds is 10. The molecule has 4 aromatic rings. The lowest BCUT2D eigenvalue weighted by Crippen LogP contribution is -2.23. The molecule has 0 atom stereocenters. The molecule has 56 heavy (non-hydrogen) atoms. The van der Waals surface area contributed by atoms with E-state index in [0.717, 1.165) is 50.7 Å². The van der Waals surface area contributed by atoms with Crippen LogP contribution < -0.4 is 21.7 Å². The highest BCUT2D eigenvalue weighted by Gasteiger charge is 2.42. The van der Waals surface area contributed by atoms with Crippen molar-refractivity contribution in [3.05, 3.63) is 46.5 Å². The first-order valence-corrected chi connectivity index (χ1v) is 20.8. The van der Waals surface area contributed by atoms with Crippen LogP contribution >= 0.6 is 0 Å². The molecule has 0 unspecified atom stereocenters. The largest absolute Gasteiger partial charge is 0.417 e. The Hall–Kier alpha value is -4.10. The summed E-state index contributed by atoms with van der Waals surface area (Å²) in [5.74, 6) is 0.197. The number of nitrogens with two attached hydrogens (primary N) is 4. The first-order chi connectivity index (χ1) is 26.3. The number of nitrogens with one attached hydrogen (secondary N) is 2. The van der Waals surface area contributed by atoms with E-state index in [1.165, 1.54) is 12.1 Å². The Balaban J connectivity index is 0.000000214. The smallest absolute Gasteiger partial charge is 0.330 e. The molecule has 10 N–H and O–H groups in total. The number of sulfonamides is 2. The molecule has 16 nitrogen and oxygen atoms in total. The maximum atomic E-state index is 13.5. The van der Waals surface area contributed by atoms with Gasteiger partial charge in [-0.3, -0.25) is 0 Å². The lowest BCUT2D eigenvalue weighted by atomic mass is 9.76. The van der Waals surface area contributed by atoms with Gasteiger partial charge in [-0.25, -0.2) is 27.1 Å². The van der Waals surface area contributed by atoms with E-state index in [2.05, 4.69) is 41.2 Å². The predicted octanol–water partition coefficient (Wildman–Crippen LogP) is 4.31. The second kappa shape index (κ2) is 17.2.